The van der Waals surface area contributed by atoms with E-state index < -0.39 is 5.97 Å². The minimum Gasteiger partial charge on any atom is -0.481 e. The summed E-state index contributed by atoms with van der Waals surface area (Å²) < 4.78 is 13.4. The lowest BCUT2D eigenvalue weighted by atomic mass is 9.78. The van der Waals surface area contributed by atoms with Crippen LogP contribution in [-0.2, 0) is 22.4 Å². The number of carbonyl (C=O) groups is 2. The normalized spacial score (nSPS) is 17.1. The van der Waals surface area contributed by atoms with Crippen molar-refractivity contribution >= 4 is 17.6 Å². The van der Waals surface area contributed by atoms with E-state index in [-0.39, 0.29) is 23.7 Å². The van der Waals surface area contributed by atoms with Crippen molar-refractivity contribution in [2.24, 2.45) is 5.92 Å². The molecule has 1 aliphatic rings. The molecule has 3 aromatic rings. The highest BCUT2D eigenvalue weighted by Gasteiger charge is 2.48. The molecule has 5 heteroatoms. The van der Waals surface area contributed by atoms with E-state index in [9.17, 15) is 9.18 Å². The third-order valence-electron chi connectivity index (χ3n) is 5.87. The lowest BCUT2D eigenvalue weighted by Gasteiger charge is -2.47. The molecule has 1 heterocycles. The summed E-state index contributed by atoms with van der Waals surface area (Å²) in [4.78, 5) is 23.9. The third-order valence-corrected chi connectivity index (χ3v) is 5.87. The zero-order chi connectivity index (χ0) is 23.8. The molecule has 33 heavy (non-hydrogen) atoms. The van der Waals surface area contributed by atoms with Crippen molar-refractivity contribution in [3.05, 3.63) is 101 Å². The second kappa shape index (κ2) is 11.4. The van der Waals surface area contributed by atoms with Gasteiger partial charge in [0, 0.05) is 12.6 Å². The number of carboxylic acids is 1. The average molecular weight is 448 g/mol. The fraction of sp³-hybridized carbons (Fsp3) is 0.286. The van der Waals surface area contributed by atoms with Gasteiger partial charge in [0.1, 0.15) is 5.82 Å². The van der Waals surface area contributed by atoms with Gasteiger partial charge in [-0.05, 0) is 66.6 Å². The van der Waals surface area contributed by atoms with Crippen LogP contribution in [0.4, 0.5) is 10.1 Å². The number of rotatable bonds is 7. The first-order valence-electron chi connectivity index (χ1n) is 11.3. The molecule has 0 aromatic heterocycles. The van der Waals surface area contributed by atoms with Gasteiger partial charge < -0.3 is 10.0 Å². The van der Waals surface area contributed by atoms with Gasteiger partial charge in [-0.2, -0.15) is 0 Å². The predicted molar refractivity (Wildman–Crippen MR) is 129 cm³/mol. The van der Waals surface area contributed by atoms with Crippen molar-refractivity contribution in [3.63, 3.8) is 0 Å². The van der Waals surface area contributed by atoms with E-state index in [0.29, 0.717) is 0 Å². The molecule has 0 spiro atoms. The molecule has 3 aromatic carbocycles. The number of amides is 1. The molecule has 1 aliphatic heterocycles. The number of carboxylic acid groups (broad SMARTS) is 1. The molecule has 0 radical (unpaired) electrons. The van der Waals surface area contributed by atoms with Crippen LogP contribution < -0.4 is 4.90 Å². The van der Waals surface area contributed by atoms with Crippen LogP contribution in [0.5, 0.6) is 0 Å². The van der Waals surface area contributed by atoms with Gasteiger partial charge in [-0.25, -0.2) is 4.39 Å². The van der Waals surface area contributed by atoms with Crippen LogP contribution in [0.2, 0.25) is 0 Å². The summed E-state index contributed by atoms with van der Waals surface area (Å²) in [6.45, 7) is 3.22. The molecule has 1 amide bonds. The van der Waals surface area contributed by atoms with Crippen LogP contribution in [0.1, 0.15) is 49.4 Å². The first-order valence-corrected chi connectivity index (χ1v) is 11.3. The van der Waals surface area contributed by atoms with Crippen molar-refractivity contribution in [1.82, 2.24) is 0 Å². The quantitative estimate of drug-likeness (QED) is 0.438. The molecule has 4 nitrogen and oxygen atoms in total. The summed E-state index contributed by atoms with van der Waals surface area (Å²) >= 11 is 0. The second-order valence-corrected chi connectivity index (χ2v) is 8.23. The Hall–Kier alpha value is -3.47. The van der Waals surface area contributed by atoms with Crippen LogP contribution in [0.3, 0.4) is 0 Å². The number of carbonyl (C=O) groups excluding carboxylic acids is 1. The molecule has 2 atom stereocenters. The first kappa shape index (κ1) is 24.2. The molecule has 0 aliphatic carbocycles. The Labute approximate surface area is 194 Å². The van der Waals surface area contributed by atoms with E-state index in [1.165, 1.54) is 23.3 Å². The topological polar surface area (TPSA) is 57.6 Å². The van der Waals surface area contributed by atoms with Crippen LogP contribution in [0.25, 0.3) is 0 Å². The second-order valence-electron chi connectivity index (χ2n) is 8.23. The van der Waals surface area contributed by atoms with E-state index in [2.05, 4.69) is 55.5 Å². The molecule has 0 unspecified atom stereocenters. The average Bonchev–Trinajstić information content (AvgIpc) is 2.81. The number of aryl methyl sites for hydroxylation is 2. The number of hydrogen-bond donors (Lipinski definition) is 1. The van der Waals surface area contributed by atoms with E-state index in [4.69, 9.17) is 9.90 Å². The van der Waals surface area contributed by atoms with Crippen molar-refractivity contribution in [2.45, 2.75) is 45.6 Å². The Balaban J connectivity index is 0.000000709. The van der Waals surface area contributed by atoms with Crippen LogP contribution in [0, 0.1) is 11.7 Å². The molecule has 1 saturated heterocycles. The fourth-order valence-corrected chi connectivity index (χ4v) is 4.22. The number of hydrogen-bond acceptors (Lipinski definition) is 2. The highest BCUT2D eigenvalue weighted by atomic mass is 19.1. The van der Waals surface area contributed by atoms with Crippen LogP contribution >= 0.6 is 0 Å². The smallest absolute Gasteiger partial charge is 0.300 e. The maximum atomic E-state index is 13.4. The van der Waals surface area contributed by atoms with Gasteiger partial charge >= 0.3 is 0 Å². The predicted octanol–water partition coefficient (Wildman–Crippen LogP) is 6.21. The number of halogens is 1. The zero-order valence-electron chi connectivity index (χ0n) is 19.1. The molecule has 172 valence electrons. The molecular weight excluding hydrogens is 417 g/mol. The maximum absolute atomic E-state index is 13.4. The summed E-state index contributed by atoms with van der Waals surface area (Å²) in [6, 6.07) is 25.2. The number of anilines is 1. The monoisotopic (exact) mass is 447 g/mol. The van der Waals surface area contributed by atoms with Gasteiger partial charge in [0.25, 0.3) is 5.97 Å². The summed E-state index contributed by atoms with van der Waals surface area (Å²) in [5.74, 6) is -1.02. The Morgan fingerprint density at radius 3 is 2.12 bits per heavy atom. The van der Waals surface area contributed by atoms with E-state index in [1.807, 2.05) is 11.0 Å². The van der Waals surface area contributed by atoms with Crippen LogP contribution in [0.15, 0.2) is 78.9 Å². The van der Waals surface area contributed by atoms with Crippen molar-refractivity contribution in [3.8, 4) is 0 Å². The number of β-lactam (4-membered cyclic amide) rings is 1. The molecule has 0 saturated carbocycles. The minimum absolute atomic E-state index is 0.00893. The molecule has 1 fully saturated rings. The highest BCUT2D eigenvalue weighted by Crippen LogP contribution is 2.45. The number of aliphatic carboxylic acids is 1. The van der Waals surface area contributed by atoms with Gasteiger partial charge in [-0.15, -0.1) is 0 Å². The molecular formula is C28H30FNO3. The lowest BCUT2D eigenvalue weighted by molar-refractivity contribution is -0.134. The van der Waals surface area contributed by atoms with E-state index in [0.717, 1.165) is 43.9 Å². The van der Waals surface area contributed by atoms with Crippen molar-refractivity contribution in [2.75, 3.05) is 4.90 Å². The lowest BCUT2D eigenvalue weighted by Crippen LogP contribution is -2.55. The largest absolute Gasteiger partial charge is 0.481 e. The maximum Gasteiger partial charge on any atom is 0.300 e. The fourth-order valence-electron chi connectivity index (χ4n) is 4.22. The number of nitrogens with zero attached hydrogens (tertiary/aromatic N) is 1. The first-order chi connectivity index (χ1) is 15.9. The van der Waals surface area contributed by atoms with Crippen molar-refractivity contribution in [1.29, 1.82) is 0 Å². The summed E-state index contributed by atoms with van der Waals surface area (Å²) in [6.07, 6.45) is 3.79. The van der Waals surface area contributed by atoms with Gasteiger partial charge in [-0.3, -0.25) is 9.59 Å². The summed E-state index contributed by atoms with van der Waals surface area (Å²) in [7, 11) is 0. The van der Waals surface area contributed by atoms with Gasteiger partial charge in [-0.1, -0.05) is 61.5 Å². The molecule has 0 bridgehead atoms. The van der Waals surface area contributed by atoms with E-state index >= 15 is 0 Å². The summed E-state index contributed by atoms with van der Waals surface area (Å²) in [5.41, 5.74) is 4.50. The Morgan fingerprint density at radius 1 is 0.939 bits per heavy atom. The minimum atomic E-state index is -0.833. The Kier molecular flexibility index (Phi) is 8.36. The SMILES string of the molecule is CC(=O)O.CCc1ccc([C@@H]2[C@@H](CCCc3ccccc3)C(=O)N2c2ccc(F)cc2)cc1. The number of benzene rings is 3. The third kappa shape index (κ3) is 6.28. The van der Waals surface area contributed by atoms with Crippen LogP contribution in [-0.4, -0.2) is 17.0 Å². The Bertz CT molecular complexity index is 1040. The van der Waals surface area contributed by atoms with E-state index in [1.54, 1.807) is 12.1 Å². The summed E-state index contributed by atoms with van der Waals surface area (Å²) in [5, 5.41) is 7.42. The van der Waals surface area contributed by atoms with Gasteiger partial charge in [0.15, 0.2) is 0 Å². The van der Waals surface area contributed by atoms with Crippen molar-refractivity contribution < 1.29 is 19.1 Å². The Morgan fingerprint density at radius 2 is 1.55 bits per heavy atom. The molecule has 1 N–H and O–H groups in total. The molecule has 4 rings (SSSR count). The highest BCUT2D eigenvalue weighted by molar-refractivity contribution is 6.03. The van der Waals surface area contributed by atoms with Gasteiger partial charge in [0.05, 0.1) is 12.0 Å². The van der Waals surface area contributed by atoms with Gasteiger partial charge in [0.2, 0.25) is 5.91 Å². The zero-order valence-corrected chi connectivity index (χ0v) is 19.1. The standard InChI is InChI=1S/C26H26FNO.C2H4O2/c1-2-19-11-13-21(14-12-19)25-24(10-6-9-20-7-4-3-5-8-20)26(29)28(25)23-17-15-22(27)16-18-23;1-2(3)4/h3-5,7-8,11-18,24-25H,2,6,9-10H2,1H3;1H3,(H,3,4)/t24-,25-;/m1./s1.